The maximum Gasteiger partial charge on any atom is 0.237 e. The summed E-state index contributed by atoms with van der Waals surface area (Å²) in [6.07, 6.45) is 3.33. The summed E-state index contributed by atoms with van der Waals surface area (Å²) in [5, 5.41) is 0. The molecular formula is C25H33N3O2. The Morgan fingerprint density at radius 3 is 2.60 bits per heavy atom. The average molecular weight is 408 g/mol. The second-order valence-electron chi connectivity index (χ2n) is 8.28. The van der Waals surface area contributed by atoms with Crippen molar-refractivity contribution in [3.05, 3.63) is 59.7 Å². The van der Waals surface area contributed by atoms with E-state index in [1.807, 2.05) is 31.0 Å². The molecule has 160 valence electrons. The van der Waals surface area contributed by atoms with Crippen LogP contribution in [-0.4, -0.2) is 62.1 Å². The van der Waals surface area contributed by atoms with E-state index >= 15 is 0 Å². The summed E-state index contributed by atoms with van der Waals surface area (Å²) in [6, 6.07) is 17.0. The minimum atomic E-state index is 0.210. The molecule has 1 unspecified atom stereocenters. The van der Waals surface area contributed by atoms with Gasteiger partial charge in [-0.05, 0) is 49.4 Å². The van der Waals surface area contributed by atoms with Gasteiger partial charge in [0.15, 0.2) is 0 Å². The lowest BCUT2D eigenvalue weighted by atomic mass is 9.87. The Kier molecular flexibility index (Phi) is 6.58. The monoisotopic (exact) mass is 407 g/mol. The number of rotatable bonds is 6. The Hall–Kier alpha value is -2.53. The van der Waals surface area contributed by atoms with Crippen molar-refractivity contribution in [3.8, 4) is 5.75 Å². The van der Waals surface area contributed by atoms with Crippen molar-refractivity contribution in [1.29, 1.82) is 0 Å². The van der Waals surface area contributed by atoms with Crippen molar-refractivity contribution < 1.29 is 9.53 Å². The molecule has 4 rings (SSSR count). The normalized spacial score (nSPS) is 19.3. The van der Waals surface area contributed by atoms with Crippen LogP contribution < -0.4 is 9.64 Å². The lowest BCUT2D eigenvalue weighted by Crippen LogP contribution is -2.50. The average Bonchev–Trinajstić information content (AvgIpc) is 2.79. The van der Waals surface area contributed by atoms with Crippen LogP contribution in [0.15, 0.2) is 48.5 Å². The largest absolute Gasteiger partial charge is 0.492 e. The van der Waals surface area contributed by atoms with Crippen LogP contribution in [0.4, 0.5) is 5.69 Å². The molecule has 1 aliphatic heterocycles. The fourth-order valence-corrected chi connectivity index (χ4v) is 4.75. The number of amides is 1. The van der Waals surface area contributed by atoms with Crippen molar-refractivity contribution >= 4 is 11.6 Å². The second kappa shape index (κ2) is 9.52. The Balaban J connectivity index is 1.34. The topological polar surface area (TPSA) is 36.0 Å². The molecule has 1 aliphatic carbocycles. The number of para-hydroxylation sites is 2. The first-order valence-electron chi connectivity index (χ1n) is 11.2. The zero-order valence-corrected chi connectivity index (χ0v) is 18.2. The summed E-state index contributed by atoms with van der Waals surface area (Å²) in [6.45, 7) is 6.78. The molecule has 0 N–H and O–H groups in total. The number of benzene rings is 2. The molecule has 2 aromatic rings. The maximum absolute atomic E-state index is 13.1. The lowest BCUT2D eigenvalue weighted by Gasteiger charge is -2.38. The molecule has 2 aromatic carbocycles. The number of anilines is 1. The van der Waals surface area contributed by atoms with Crippen LogP contribution in [-0.2, 0) is 11.2 Å². The molecule has 0 saturated carbocycles. The van der Waals surface area contributed by atoms with Gasteiger partial charge in [-0.1, -0.05) is 36.4 Å². The molecule has 5 heteroatoms. The Bertz CT molecular complexity index is 861. The van der Waals surface area contributed by atoms with E-state index in [9.17, 15) is 4.79 Å². The predicted octanol–water partition coefficient (Wildman–Crippen LogP) is 3.74. The number of hydrogen-bond donors (Lipinski definition) is 0. The van der Waals surface area contributed by atoms with Gasteiger partial charge < -0.3 is 14.5 Å². The third kappa shape index (κ3) is 4.46. The maximum atomic E-state index is 13.1. The van der Waals surface area contributed by atoms with Crippen LogP contribution in [0, 0.1) is 0 Å². The predicted molar refractivity (Wildman–Crippen MR) is 121 cm³/mol. The van der Waals surface area contributed by atoms with E-state index in [0.717, 1.165) is 56.9 Å². The van der Waals surface area contributed by atoms with Gasteiger partial charge in [0.1, 0.15) is 5.75 Å². The number of carbonyl (C=O) groups is 1. The van der Waals surface area contributed by atoms with Crippen LogP contribution in [0.2, 0.25) is 0 Å². The van der Waals surface area contributed by atoms with Crippen molar-refractivity contribution in [3.63, 3.8) is 0 Å². The first kappa shape index (κ1) is 20.7. The van der Waals surface area contributed by atoms with E-state index < -0.39 is 0 Å². The zero-order chi connectivity index (χ0) is 20.9. The summed E-state index contributed by atoms with van der Waals surface area (Å²) in [7, 11) is 1.98. The number of piperazine rings is 1. The zero-order valence-electron chi connectivity index (χ0n) is 18.2. The van der Waals surface area contributed by atoms with Gasteiger partial charge in [0, 0.05) is 33.2 Å². The quantitative estimate of drug-likeness (QED) is 0.731. The third-order valence-corrected chi connectivity index (χ3v) is 6.44. The van der Waals surface area contributed by atoms with Gasteiger partial charge in [-0.15, -0.1) is 0 Å². The summed E-state index contributed by atoms with van der Waals surface area (Å²) in [5.41, 5.74) is 3.88. The number of hydrogen-bond acceptors (Lipinski definition) is 4. The molecule has 0 aromatic heterocycles. The molecule has 30 heavy (non-hydrogen) atoms. The highest BCUT2D eigenvalue weighted by atomic mass is 16.5. The minimum absolute atomic E-state index is 0.210. The van der Waals surface area contributed by atoms with E-state index in [0.29, 0.717) is 13.2 Å². The highest BCUT2D eigenvalue weighted by Crippen LogP contribution is 2.33. The molecule has 1 saturated heterocycles. The minimum Gasteiger partial charge on any atom is -0.492 e. The fraction of sp³-hybridized carbons (Fsp3) is 0.480. The Morgan fingerprint density at radius 1 is 1.07 bits per heavy atom. The molecule has 0 bridgehead atoms. The molecule has 2 aliphatic rings. The van der Waals surface area contributed by atoms with Crippen molar-refractivity contribution in [2.45, 2.75) is 32.2 Å². The van der Waals surface area contributed by atoms with Crippen LogP contribution >= 0.6 is 0 Å². The number of likely N-dealkylation sites (N-methyl/N-ethyl adjacent to an activating group) is 1. The molecular weight excluding hydrogens is 374 g/mol. The standard InChI is InChI=1S/C25H33N3O2/c1-3-30-24-14-7-6-12-23(24)28-17-15-27(16-18-28)19-25(29)26(2)22-13-8-10-20-9-4-5-11-21(20)22/h4-7,9,11-12,14,22H,3,8,10,13,15-19H2,1-2H3. The van der Waals surface area contributed by atoms with Crippen LogP contribution in [0.3, 0.4) is 0 Å². The number of aryl methyl sites for hydroxylation is 1. The van der Waals surface area contributed by atoms with Crippen molar-refractivity contribution in [2.75, 3.05) is 51.3 Å². The first-order chi connectivity index (χ1) is 14.7. The van der Waals surface area contributed by atoms with Crippen molar-refractivity contribution in [1.82, 2.24) is 9.80 Å². The van der Waals surface area contributed by atoms with Gasteiger partial charge in [-0.25, -0.2) is 0 Å². The van der Waals surface area contributed by atoms with E-state index in [-0.39, 0.29) is 11.9 Å². The van der Waals surface area contributed by atoms with Gasteiger partial charge in [0.2, 0.25) is 5.91 Å². The Morgan fingerprint density at radius 2 is 1.80 bits per heavy atom. The Labute approximate surface area is 180 Å². The van der Waals surface area contributed by atoms with E-state index in [2.05, 4.69) is 46.2 Å². The highest BCUT2D eigenvalue weighted by molar-refractivity contribution is 5.78. The summed E-state index contributed by atoms with van der Waals surface area (Å²) in [4.78, 5) is 19.7. The molecule has 1 amide bonds. The number of ether oxygens (including phenoxy) is 1. The van der Waals surface area contributed by atoms with E-state index in [4.69, 9.17) is 4.74 Å². The summed E-state index contributed by atoms with van der Waals surface area (Å²) >= 11 is 0. The highest BCUT2D eigenvalue weighted by Gasteiger charge is 2.28. The SMILES string of the molecule is CCOc1ccccc1N1CCN(CC(=O)N(C)C2CCCc3ccccc32)CC1. The van der Waals surface area contributed by atoms with Gasteiger partial charge in [0.25, 0.3) is 0 Å². The molecule has 1 atom stereocenters. The van der Waals surface area contributed by atoms with Gasteiger partial charge in [-0.2, -0.15) is 0 Å². The van der Waals surface area contributed by atoms with E-state index in [1.165, 1.54) is 11.1 Å². The third-order valence-electron chi connectivity index (χ3n) is 6.44. The van der Waals surface area contributed by atoms with Gasteiger partial charge >= 0.3 is 0 Å². The van der Waals surface area contributed by atoms with Crippen LogP contribution in [0.25, 0.3) is 0 Å². The molecule has 1 heterocycles. The van der Waals surface area contributed by atoms with Gasteiger partial charge in [-0.3, -0.25) is 9.69 Å². The van der Waals surface area contributed by atoms with Crippen LogP contribution in [0.1, 0.15) is 36.9 Å². The molecule has 5 nitrogen and oxygen atoms in total. The van der Waals surface area contributed by atoms with Crippen LogP contribution in [0.5, 0.6) is 5.75 Å². The molecule has 1 fully saturated rings. The van der Waals surface area contributed by atoms with Crippen molar-refractivity contribution in [2.24, 2.45) is 0 Å². The smallest absolute Gasteiger partial charge is 0.237 e. The number of carbonyl (C=O) groups excluding carboxylic acids is 1. The second-order valence-corrected chi connectivity index (χ2v) is 8.28. The first-order valence-corrected chi connectivity index (χ1v) is 11.2. The summed E-state index contributed by atoms with van der Waals surface area (Å²) in [5.74, 6) is 1.17. The lowest BCUT2D eigenvalue weighted by molar-refractivity contribution is -0.133. The molecule has 0 spiro atoms. The fourth-order valence-electron chi connectivity index (χ4n) is 4.75. The number of nitrogens with zero attached hydrogens (tertiary/aromatic N) is 3. The number of fused-ring (bicyclic) bond motifs is 1. The van der Waals surface area contributed by atoms with E-state index in [1.54, 1.807) is 0 Å². The molecule has 0 radical (unpaired) electrons. The summed E-state index contributed by atoms with van der Waals surface area (Å²) < 4.78 is 5.79. The van der Waals surface area contributed by atoms with Gasteiger partial charge in [0.05, 0.1) is 24.9 Å².